The lowest BCUT2D eigenvalue weighted by molar-refractivity contribution is -0.137. The van der Waals surface area contributed by atoms with E-state index in [0.717, 1.165) is 12.1 Å². The van der Waals surface area contributed by atoms with Crippen LogP contribution in [0.4, 0.5) is 13.2 Å². The number of rotatable bonds is 4. The molecular weight excluding hydrogens is 247 g/mol. The van der Waals surface area contributed by atoms with Gasteiger partial charge in [-0.25, -0.2) is 0 Å². The van der Waals surface area contributed by atoms with Crippen LogP contribution in [0.5, 0.6) is 0 Å². The molecule has 0 atom stereocenters. The monoisotopic (exact) mass is 259 g/mol. The van der Waals surface area contributed by atoms with Crippen molar-refractivity contribution in [2.75, 3.05) is 13.7 Å². The second-order valence-electron chi connectivity index (χ2n) is 3.56. The normalized spacial score (nSPS) is 12.0. The fraction of sp³-hybridized carbons (Fsp3) is 0.250. The summed E-state index contributed by atoms with van der Waals surface area (Å²) in [5.74, 6) is -0.900. The van der Waals surface area contributed by atoms with Gasteiger partial charge < -0.3 is 10.5 Å². The Hall–Kier alpha value is -1.82. The van der Waals surface area contributed by atoms with Crippen LogP contribution in [0.2, 0.25) is 0 Å². The number of amides is 1. The van der Waals surface area contributed by atoms with Crippen LogP contribution in [-0.4, -0.2) is 19.6 Å². The summed E-state index contributed by atoms with van der Waals surface area (Å²) in [6.07, 6.45) is -1.54. The first-order valence-electron chi connectivity index (χ1n) is 5.02. The van der Waals surface area contributed by atoms with Crippen LogP contribution >= 0.6 is 0 Å². The van der Waals surface area contributed by atoms with Gasteiger partial charge in [0, 0.05) is 12.7 Å². The summed E-state index contributed by atoms with van der Waals surface area (Å²) in [5, 5.41) is 0. The predicted octanol–water partition coefficient (Wildman–Crippen LogP) is 2.46. The molecule has 0 aromatic heterocycles. The van der Waals surface area contributed by atoms with Crippen LogP contribution in [0.3, 0.4) is 0 Å². The van der Waals surface area contributed by atoms with Crippen LogP contribution in [-0.2, 0) is 10.9 Å². The predicted molar refractivity (Wildman–Crippen MR) is 60.9 cm³/mol. The Morgan fingerprint density at radius 3 is 2.56 bits per heavy atom. The third-order valence-electron chi connectivity index (χ3n) is 2.14. The van der Waals surface area contributed by atoms with Crippen LogP contribution < -0.4 is 5.73 Å². The lowest BCUT2D eigenvalue weighted by Gasteiger charge is -2.09. The molecule has 1 amide bonds. The van der Waals surface area contributed by atoms with E-state index in [4.69, 9.17) is 10.5 Å². The van der Waals surface area contributed by atoms with Crippen molar-refractivity contribution in [2.45, 2.75) is 6.18 Å². The van der Waals surface area contributed by atoms with Crippen molar-refractivity contribution in [3.63, 3.8) is 0 Å². The van der Waals surface area contributed by atoms with Gasteiger partial charge in [0.05, 0.1) is 12.2 Å². The lowest BCUT2D eigenvalue weighted by atomic mass is 10.0. The number of methoxy groups -OCH3 is 1. The highest BCUT2D eigenvalue weighted by Gasteiger charge is 2.31. The van der Waals surface area contributed by atoms with E-state index in [0.29, 0.717) is 0 Å². The topological polar surface area (TPSA) is 52.3 Å². The first-order chi connectivity index (χ1) is 8.34. The number of hydrogen-bond donors (Lipinski definition) is 1. The Balaban J connectivity index is 3.18. The lowest BCUT2D eigenvalue weighted by Crippen LogP contribution is -2.14. The minimum Gasteiger partial charge on any atom is -0.381 e. The molecule has 0 aliphatic rings. The third-order valence-corrected chi connectivity index (χ3v) is 2.14. The molecule has 0 spiro atoms. The van der Waals surface area contributed by atoms with Crippen LogP contribution in [0.1, 0.15) is 21.5 Å². The zero-order valence-corrected chi connectivity index (χ0v) is 9.62. The molecule has 1 rings (SSSR count). The number of benzene rings is 1. The largest absolute Gasteiger partial charge is 0.416 e. The molecule has 1 aromatic rings. The molecule has 3 nitrogen and oxygen atoms in total. The van der Waals surface area contributed by atoms with Gasteiger partial charge in [0.2, 0.25) is 5.91 Å². The van der Waals surface area contributed by atoms with Gasteiger partial charge in [0.1, 0.15) is 0 Å². The molecule has 0 aliphatic heterocycles. The fourth-order valence-electron chi connectivity index (χ4n) is 1.33. The van der Waals surface area contributed by atoms with Crippen molar-refractivity contribution >= 4 is 12.0 Å². The number of halogens is 3. The second-order valence-corrected chi connectivity index (χ2v) is 3.56. The van der Waals surface area contributed by atoms with Crippen molar-refractivity contribution in [1.29, 1.82) is 0 Å². The highest BCUT2D eigenvalue weighted by Crippen LogP contribution is 2.30. The van der Waals surface area contributed by atoms with E-state index < -0.39 is 17.6 Å². The molecule has 0 unspecified atom stereocenters. The van der Waals surface area contributed by atoms with Gasteiger partial charge in [-0.05, 0) is 23.8 Å². The average Bonchev–Trinajstić information content (AvgIpc) is 2.28. The number of carbonyl (C=O) groups excluding carboxylic acids is 1. The second kappa shape index (κ2) is 5.68. The number of hydrogen-bond acceptors (Lipinski definition) is 2. The van der Waals surface area contributed by atoms with Gasteiger partial charge in [0.15, 0.2) is 0 Å². The zero-order chi connectivity index (χ0) is 13.8. The quantitative estimate of drug-likeness (QED) is 0.903. The summed E-state index contributed by atoms with van der Waals surface area (Å²) >= 11 is 0. The Morgan fingerprint density at radius 2 is 2.06 bits per heavy atom. The summed E-state index contributed by atoms with van der Waals surface area (Å²) in [5.41, 5.74) is 4.16. The number of nitrogens with two attached hydrogens (primary N) is 1. The third kappa shape index (κ3) is 3.89. The van der Waals surface area contributed by atoms with Gasteiger partial charge in [-0.3, -0.25) is 4.79 Å². The summed E-state index contributed by atoms with van der Waals surface area (Å²) in [6.45, 7) is 0.266. The zero-order valence-electron chi connectivity index (χ0n) is 9.62. The fourth-order valence-corrected chi connectivity index (χ4v) is 1.33. The Labute approximate surface area is 102 Å². The minimum absolute atomic E-state index is 0.179. The standard InChI is InChI=1S/C12H12F3NO2/c1-18-4-2-3-8-5-9(11(16)17)7-10(6-8)12(13,14)15/h2-3,5-7H,4H2,1H3,(H2,16,17). The maximum absolute atomic E-state index is 12.6. The average molecular weight is 259 g/mol. The van der Waals surface area contributed by atoms with Gasteiger partial charge in [-0.1, -0.05) is 12.2 Å². The van der Waals surface area contributed by atoms with Crippen molar-refractivity contribution in [1.82, 2.24) is 0 Å². The maximum atomic E-state index is 12.6. The number of carbonyl (C=O) groups is 1. The van der Waals surface area contributed by atoms with Gasteiger partial charge in [-0.15, -0.1) is 0 Å². The molecule has 2 N–H and O–H groups in total. The number of alkyl halides is 3. The van der Waals surface area contributed by atoms with Crippen molar-refractivity contribution < 1.29 is 22.7 Å². The van der Waals surface area contributed by atoms with E-state index in [1.165, 1.54) is 19.3 Å². The molecule has 0 fully saturated rings. The minimum atomic E-state index is -4.52. The molecular formula is C12H12F3NO2. The molecule has 0 radical (unpaired) electrons. The van der Waals surface area contributed by atoms with Crippen LogP contribution in [0.25, 0.3) is 6.08 Å². The molecule has 1 aromatic carbocycles. The Morgan fingerprint density at radius 1 is 1.39 bits per heavy atom. The molecule has 18 heavy (non-hydrogen) atoms. The van der Waals surface area contributed by atoms with E-state index in [9.17, 15) is 18.0 Å². The first-order valence-corrected chi connectivity index (χ1v) is 5.02. The maximum Gasteiger partial charge on any atom is 0.416 e. The summed E-state index contributed by atoms with van der Waals surface area (Å²) in [4.78, 5) is 11.0. The molecule has 0 bridgehead atoms. The number of ether oxygens (including phenoxy) is 1. The molecule has 98 valence electrons. The van der Waals surface area contributed by atoms with Crippen molar-refractivity contribution in [3.8, 4) is 0 Å². The van der Waals surface area contributed by atoms with Gasteiger partial charge >= 0.3 is 6.18 Å². The molecule has 6 heteroatoms. The van der Waals surface area contributed by atoms with E-state index in [1.54, 1.807) is 6.08 Å². The van der Waals surface area contributed by atoms with Crippen LogP contribution in [0.15, 0.2) is 24.3 Å². The smallest absolute Gasteiger partial charge is 0.381 e. The summed E-state index contributed by atoms with van der Waals surface area (Å²) in [7, 11) is 1.46. The first kappa shape index (κ1) is 14.2. The van der Waals surface area contributed by atoms with Crippen molar-refractivity contribution in [3.05, 3.63) is 41.0 Å². The van der Waals surface area contributed by atoms with Gasteiger partial charge in [0.25, 0.3) is 0 Å². The molecule has 0 aliphatic carbocycles. The van der Waals surface area contributed by atoms with Crippen molar-refractivity contribution in [2.24, 2.45) is 5.73 Å². The molecule has 0 saturated heterocycles. The number of primary amides is 1. The summed E-state index contributed by atoms with van der Waals surface area (Å²) in [6, 6.07) is 2.97. The van der Waals surface area contributed by atoms with E-state index in [-0.39, 0.29) is 17.7 Å². The van der Waals surface area contributed by atoms with E-state index >= 15 is 0 Å². The van der Waals surface area contributed by atoms with Gasteiger partial charge in [-0.2, -0.15) is 13.2 Å². The van der Waals surface area contributed by atoms with E-state index in [2.05, 4.69) is 0 Å². The van der Waals surface area contributed by atoms with E-state index in [1.807, 2.05) is 0 Å². The van der Waals surface area contributed by atoms with Crippen LogP contribution in [0, 0.1) is 0 Å². The SMILES string of the molecule is COCC=Cc1cc(C(N)=O)cc(C(F)(F)F)c1. The summed E-state index contributed by atoms with van der Waals surface area (Å²) < 4.78 is 42.5. The Kier molecular flexibility index (Phi) is 4.49. The molecule has 0 heterocycles. The molecule has 0 saturated carbocycles. The highest BCUT2D eigenvalue weighted by molar-refractivity contribution is 5.93. The highest BCUT2D eigenvalue weighted by atomic mass is 19.4. The Bertz CT molecular complexity index is 467.